The van der Waals surface area contributed by atoms with E-state index < -0.39 is 5.91 Å². The molecular weight excluding hydrogens is 240 g/mol. The van der Waals surface area contributed by atoms with Crippen molar-refractivity contribution in [2.75, 3.05) is 25.0 Å². The van der Waals surface area contributed by atoms with Crippen LogP contribution in [0.25, 0.3) is 0 Å². The van der Waals surface area contributed by atoms with E-state index in [4.69, 9.17) is 5.73 Å². The van der Waals surface area contributed by atoms with Crippen LogP contribution in [0.4, 0.5) is 5.82 Å². The molecule has 0 radical (unpaired) electrons. The molecule has 19 heavy (non-hydrogen) atoms. The summed E-state index contributed by atoms with van der Waals surface area (Å²) in [5.41, 5.74) is 6.97. The topological polar surface area (TPSA) is 80.0 Å². The van der Waals surface area contributed by atoms with Gasteiger partial charge in [-0.3, -0.25) is 4.79 Å². The molecule has 0 aliphatic carbocycles. The highest BCUT2D eigenvalue weighted by molar-refractivity contribution is 5.98. The number of anilines is 1. The van der Waals surface area contributed by atoms with Gasteiger partial charge in [0.2, 0.25) is 0 Å². The van der Waals surface area contributed by atoms with Crippen molar-refractivity contribution < 1.29 is 4.79 Å². The first-order valence-corrected chi connectivity index (χ1v) is 6.72. The summed E-state index contributed by atoms with van der Waals surface area (Å²) < 4.78 is 0. The maximum absolute atomic E-state index is 11.5. The first-order chi connectivity index (χ1) is 9.02. The number of amides is 1. The van der Waals surface area contributed by atoms with Crippen molar-refractivity contribution in [1.29, 1.82) is 0 Å². The van der Waals surface area contributed by atoms with E-state index in [-0.39, 0.29) is 5.41 Å². The summed E-state index contributed by atoms with van der Waals surface area (Å²) in [6.45, 7) is 6.97. The van der Waals surface area contributed by atoms with Crippen molar-refractivity contribution in [1.82, 2.24) is 10.3 Å². The smallest absolute Gasteiger partial charge is 0.252 e. The predicted octanol–water partition coefficient (Wildman–Crippen LogP) is 1.29. The van der Waals surface area contributed by atoms with Crippen LogP contribution in [0, 0.1) is 12.3 Å². The Morgan fingerprint density at radius 3 is 3.05 bits per heavy atom. The van der Waals surface area contributed by atoms with Crippen molar-refractivity contribution in [3.05, 3.63) is 23.4 Å². The number of hydrogen-bond donors (Lipinski definition) is 3. The highest BCUT2D eigenvalue weighted by Crippen LogP contribution is 2.26. The lowest BCUT2D eigenvalue weighted by Gasteiger charge is -2.34. The maximum Gasteiger partial charge on any atom is 0.252 e. The lowest BCUT2D eigenvalue weighted by molar-refractivity contribution is 0.1000. The second-order valence-corrected chi connectivity index (χ2v) is 5.66. The van der Waals surface area contributed by atoms with Gasteiger partial charge in [0.1, 0.15) is 5.82 Å². The number of pyridine rings is 1. The monoisotopic (exact) mass is 262 g/mol. The summed E-state index contributed by atoms with van der Waals surface area (Å²) in [6, 6.07) is 1.80. The minimum absolute atomic E-state index is 0.193. The number of aromatic nitrogens is 1. The van der Waals surface area contributed by atoms with Crippen molar-refractivity contribution in [3.63, 3.8) is 0 Å². The Kier molecular flexibility index (Phi) is 4.04. The van der Waals surface area contributed by atoms with Gasteiger partial charge in [-0.05, 0) is 43.4 Å². The second kappa shape index (κ2) is 5.57. The first kappa shape index (κ1) is 13.8. The highest BCUT2D eigenvalue weighted by Gasteiger charge is 2.27. The van der Waals surface area contributed by atoms with Gasteiger partial charge in [-0.15, -0.1) is 0 Å². The number of nitrogens with zero attached hydrogens (tertiary/aromatic N) is 1. The summed E-state index contributed by atoms with van der Waals surface area (Å²) in [4.78, 5) is 15.7. The molecular formula is C14H22N4O. The molecule has 1 saturated heterocycles. The van der Waals surface area contributed by atoms with E-state index in [2.05, 4.69) is 22.5 Å². The molecule has 2 heterocycles. The zero-order chi connectivity index (χ0) is 13.9. The van der Waals surface area contributed by atoms with E-state index in [0.29, 0.717) is 11.4 Å². The number of nitrogens with two attached hydrogens (primary N) is 1. The largest absolute Gasteiger partial charge is 0.369 e. The number of hydrogen-bond acceptors (Lipinski definition) is 4. The van der Waals surface area contributed by atoms with Crippen LogP contribution in [0.1, 0.15) is 35.7 Å². The van der Waals surface area contributed by atoms with Gasteiger partial charge in [0.25, 0.3) is 5.91 Å². The van der Waals surface area contributed by atoms with Crippen LogP contribution in [0.5, 0.6) is 0 Å². The summed E-state index contributed by atoms with van der Waals surface area (Å²) in [6.07, 6.45) is 4.05. The summed E-state index contributed by atoms with van der Waals surface area (Å²) in [7, 11) is 0. The van der Waals surface area contributed by atoms with Gasteiger partial charge < -0.3 is 16.4 Å². The summed E-state index contributed by atoms with van der Waals surface area (Å²) >= 11 is 0. The van der Waals surface area contributed by atoms with Crippen LogP contribution in [0.15, 0.2) is 12.3 Å². The number of aryl methyl sites for hydroxylation is 1. The number of piperidine rings is 1. The van der Waals surface area contributed by atoms with Crippen molar-refractivity contribution in [3.8, 4) is 0 Å². The van der Waals surface area contributed by atoms with E-state index in [1.807, 2.05) is 6.92 Å². The molecule has 5 nitrogen and oxygen atoms in total. The van der Waals surface area contributed by atoms with Gasteiger partial charge in [0.15, 0.2) is 0 Å². The van der Waals surface area contributed by atoms with Crippen molar-refractivity contribution in [2.24, 2.45) is 11.1 Å². The van der Waals surface area contributed by atoms with Gasteiger partial charge in [-0.25, -0.2) is 4.98 Å². The third-order valence-corrected chi connectivity index (χ3v) is 3.77. The molecule has 5 heteroatoms. The van der Waals surface area contributed by atoms with Gasteiger partial charge in [-0.1, -0.05) is 6.92 Å². The van der Waals surface area contributed by atoms with Crippen LogP contribution < -0.4 is 16.4 Å². The van der Waals surface area contributed by atoms with E-state index in [1.165, 1.54) is 12.8 Å². The fourth-order valence-corrected chi connectivity index (χ4v) is 2.57. The molecule has 1 aromatic rings. The molecule has 0 bridgehead atoms. The van der Waals surface area contributed by atoms with Crippen molar-refractivity contribution >= 4 is 11.7 Å². The normalized spacial score (nSPS) is 23.1. The van der Waals surface area contributed by atoms with Crippen LogP contribution in [-0.4, -0.2) is 30.5 Å². The lowest BCUT2D eigenvalue weighted by atomic mass is 9.83. The number of nitrogens with one attached hydrogen (secondary N) is 2. The van der Waals surface area contributed by atoms with Gasteiger partial charge in [-0.2, -0.15) is 0 Å². The summed E-state index contributed by atoms with van der Waals surface area (Å²) in [5.74, 6) is 0.166. The van der Waals surface area contributed by atoms with E-state index in [1.54, 1.807) is 12.3 Å². The van der Waals surface area contributed by atoms with Crippen molar-refractivity contribution in [2.45, 2.75) is 26.7 Å². The minimum atomic E-state index is -0.431. The zero-order valence-corrected chi connectivity index (χ0v) is 11.6. The van der Waals surface area contributed by atoms with Crippen LogP contribution in [0.2, 0.25) is 0 Å². The Morgan fingerprint density at radius 1 is 1.63 bits per heavy atom. The molecule has 1 fully saturated rings. The average Bonchev–Trinajstić information content (AvgIpc) is 2.37. The average molecular weight is 262 g/mol. The van der Waals surface area contributed by atoms with Gasteiger partial charge >= 0.3 is 0 Å². The standard InChI is InChI=1S/C14H22N4O/c1-10-4-7-17-13(11(10)12(15)19)18-9-14(2)5-3-6-16-8-14/h4,7,16H,3,5-6,8-9H2,1-2H3,(H2,15,19)(H,17,18). The Hall–Kier alpha value is -1.62. The molecule has 0 saturated carbocycles. The van der Waals surface area contributed by atoms with E-state index in [0.717, 1.165) is 25.2 Å². The molecule has 0 spiro atoms. The molecule has 4 N–H and O–H groups in total. The number of carbonyl (C=O) groups is 1. The number of primary amides is 1. The fourth-order valence-electron chi connectivity index (χ4n) is 2.57. The van der Waals surface area contributed by atoms with E-state index >= 15 is 0 Å². The van der Waals surface area contributed by atoms with Crippen LogP contribution in [0.3, 0.4) is 0 Å². The lowest BCUT2D eigenvalue weighted by Crippen LogP contribution is -2.42. The highest BCUT2D eigenvalue weighted by atomic mass is 16.1. The molecule has 1 amide bonds. The maximum atomic E-state index is 11.5. The Bertz CT molecular complexity index is 467. The SMILES string of the molecule is Cc1ccnc(NCC2(C)CCCNC2)c1C(N)=O. The molecule has 2 rings (SSSR count). The first-order valence-electron chi connectivity index (χ1n) is 6.72. The quantitative estimate of drug-likeness (QED) is 0.764. The fraction of sp³-hybridized carbons (Fsp3) is 0.571. The predicted molar refractivity (Wildman–Crippen MR) is 76.2 cm³/mol. The van der Waals surface area contributed by atoms with Gasteiger partial charge in [0, 0.05) is 19.3 Å². The second-order valence-electron chi connectivity index (χ2n) is 5.66. The van der Waals surface area contributed by atoms with Crippen LogP contribution >= 0.6 is 0 Å². The van der Waals surface area contributed by atoms with Gasteiger partial charge in [0.05, 0.1) is 5.56 Å². The Morgan fingerprint density at radius 2 is 2.42 bits per heavy atom. The third kappa shape index (κ3) is 3.23. The summed E-state index contributed by atoms with van der Waals surface area (Å²) in [5, 5.41) is 6.70. The van der Waals surface area contributed by atoms with E-state index in [9.17, 15) is 4.79 Å². The number of carbonyl (C=O) groups excluding carboxylic acids is 1. The zero-order valence-electron chi connectivity index (χ0n) is 11.6. The third-order valence-electron chi connectivity index (χ3n) is 3.77. The molecule has 1 aromatic heterocycles. The molecule has 1 aliphatic rings. The number of rotatable bonds is 4. The Labute approximate surface area is 114 Å². The molecule has 1 atom stereocenters. The molecule has 0 aromatic carbocycles. The minimum Gasteiger partial charge on any atom is -0.369 e. The van der Waals surface area contributed by atoms with Crippen LogP contribution in [-0.2, 0) is 0 Å². The molecule has 1 aliphatic heterocycles. The molecule has 1 unspecified atom stereocenters. The molecule has 104 valence electrons. The Balaban J connectivity index is 2.11.